The standard InChI is InChI=1S/C20H27N3O2/c1-12-7-13(11-21-10-12)22-20-14-5-4-6-16(14)23-17-9-19(25-3)18(24-2)8-15(17)20/h8-9,12-13,21H,4-7,10-11H2,1-3H3,(H,22,23)/t12-,13-/m1/s1. The van der Waals surface area contributed by atoms with Crippen LogP contribution in [0, 0.1) is 5.92 Å². The predicted molar refractivity (Wildman–Crippen MR) is 101 cm³/mol. The van der Waals surface area contributed by atoms with E-state index < -0.39 is 0 Å². The molecule has 2 aliphatic rings. The van der Waals surface area contributed by atoms with E-state index in [0.717, 1.165) is 48.3 Å². The van der Waals surface area contributed by atoms with Crippen LogP contribution in [0.2, 0.25) is 0 Å². The third kappa shape index (κ3) is 3.01. The van der Waals surface area contributed by atoms with E-state index in [1.807, 2.05) is 6.07 Å². The number of aromatic nitrogens is 1. The third-order valence-corrected chi connectivity index (χ3v) is 5.44. The highest BCUT2D eigenvalue weighted by molar-refractivity contribution is 5.96. The van der Waals surface area contributed by atoms with E-state index >= 15 is 0 Å². The lowest BCUT2D eigenvalue weighted by Gasteiger charge is -2.30. The number of ether oxygens (including phenoxy) is 2. The fourth-order valence-corrected chi connectivity index (χ4v) is 4.22. The molecule has 2 heterocycles. The molecule has 0 spiro atoms. The van der Waals surface area contributed by atoms with Gasteiger partial charge in [-0.1, -0.05) is 6.92 Å². The molecule has 0 saturated carbocycles. The highest BCUT2D eigenvalue weighted by atomic mass is 16.5. The number of anilines is 1. The van der Waals surface area contributed by atoms with Crippen LogP contribution < -0.4 is 20.1 Å². The first-order chi connectivity index (χ1) is 12.2. The molecule has 1 saturated heterocycles. The summed E-state index contributed by atoms with van der Waals surface area (Å²) in [7, 11) is 3.36. The van der Waals surface area contributed by atoms with Gasteiger partial charge in [0.05, 0.1) is 19.7 Å². The van der Waals surface area contributed by atoms with Crippen LogP contribution in [0.4, 0.5) is 5.69 Å². The molecule has 0 bridgehead atoms. The summed E-state index contributed by atoms with van der Waals surface area (Å²) < 4.78 is 11.0. The first-order valence-corrected chi connectivity index (χ1v) is 9.24. The molecule has 1 aromatic carbocycles. The molecule has 2 N–H and O–H groups in total. The van der Waals surface area contributed by atoms with Crippen molar-refractivity contribution in [3.8, 4) is 11.5 Å². The highest BCUT2D eigenvalue weighted by Gasteiger charge is 2.25. The Hall–Kier alpha value is -2.01. The molecule has 2 atom stereocenters. The number of nitrogens with zero attached hydrogens (tertiary/aromatic N) is 1. The van der Waals surface area contributed by atoms with Gasteiger partial charge in [-0.3, -0.25) is 4.98 Å². The van der Waals surface area contributed by atoms with E-state index in [9.17, 15) is 0 Å². The number of aryl methyl sites for hydroxylation is 1. The molecule has 0 amide bonds. The van der Waals surface area contributed by atoms with Crippen LogP contribution in [0.25, 0.3) is 10.9 Å². The molecule has 0 radical (unpaired) electrons. The van der Waals surface area contributed by atoms with Crippen molar-refractivity contribution in [3.05, 3.63) is 23.4 Å². The number of hydrogen-bond acceptors (Lipinski definition) is 5. The number of hydrogen-bond donors (Lipinski definition) is 2. The summed E-state index contributed by atoms with van der Waals surface area (Å²) in [6, 6.07) is 4.52. The van der Waals surface area contributed by atoms with Crippen LogP contribution in [-0.4, -0.2) is 38.3 Å². The number of piperidine rings is 1. The Labute approximate surface area is 149 Å². The maximum Gasteiger partial charge on any atom is 0.162 e. The summed E-state index contributed by atoms with van der Waals surface area (Å²) in [5, 5.41) is 8.52. The molecule has 1 aliphatic carbocycles. The van der Waals surface area contributed by atoms with E-state index in [2.05, 4.69) is 23.6 Å². The van der Waals surface area contributed by atoms with Gasteiger partial charge in [-0.25, -0.2) is 0 Å². The van der Waals surface area contributed by atoms with Crippen LogP contribution in [0.5, 0.6) is 11.5 Å². The molecule has 1 aliphatic heterocycles. The van der Waals surface area contributed by atoms with Gasteiger partial charge < -0.3 is 20.1 Å². The lowest BCUT2D eigenvalue weighted by Crippen LogP contribution is -2.42. The topological polar surface area (TPSA) is 55.4 Å². The number of benzene rings is 1. The maximum atomic E-state index is 5.53. The van der Waals surface area contributed by atoms with Crippen molar-refractivity contribution < 1.29 is 9.47 Å². The largest absolute Gasteiger partial charge is 0.493 e. The summed E-state index contributed by atoms with van der Waals surface area (Å²) in [6.45, 7) is 4.43. The van der Waals surface area contributed by atoms with Crippen molar-refractivity contribution in [2.24, 2.45) is 5.92 Å². The molecule has 25 heavy (non-hydrogen) atoms. The Morgan fingerprint density at radius 3 is 2.68 bits per heavy atom. The third-order valence-electron chi connectivity index (χ3n) is 5.44. The zero-order chi connectivity index (χ0) is 17.4. The molecule has 1 fully saturated rings. The number of rotatable bonds is 4. The van der Waals surface area contributed by atoms with Crippen molar-refractivity contribution >= 4 is 16.6 Å². The van der Waals surface area contributed by atoms with Crippen molar-refractivity contribution in [3.63, 3.8) is 0 Å². The van der Waals surface area contributed by atoms with E-state index in [4.69, 9.17) is 14.5 Å². The van der Waals surface area contributed by atoms with Crippen molar-refractivity contribution in [1.82, 2.24) is 10.3 Å². The van der Waals surface area contributed by atoms with Gasteiger partial charge in [0.15, 0.2) is 11.5 Å². The van der Waals surface area contributed by atoms with Crippen molar-refractivity contribution in [2.45, 2.75) is 38.6 Å². The van der Waals surface area contributed by atoms with E-state index in [1.54, 1.807) is 14.2 Å². The second kappa shape index (κ2) is 6.71. The molecule has 134 valence electrons. The Kier molecular flexibility index (Phi) is 4.42. The second-order valence-electron chi connectivity index (χ2n) is 7.33. The average Bonchev–Trinajstić information content (AvgIpc) is 3.08. The molecule has 1 aromatic heterocycles. The first kappa shape index (κ1) is 16.5. The zero-order valence-electron chi connectivity index (χ0n) is 15.3. The van der Waals surface area contributed by atoms with Crippen LogP contribution in [0.1, 0.15) is 31.0 Å². The quantitative estimate of drug-likeness (QED) is 0.895. The highest BCUT2D eigenvalue weighted by Crippen LogP contribution is 2.40. The SMILES string of the molecule is COc1cc2nc3c(c(N[C@H]4CNC[C@H](C)C4)c2cc1OC)CCC3. The lowest BCUT2D eigenvalue weighted by atomic mass is 9.96. The Morgan fingerprint density at radius 2 is 1.92 bits per heavy atom. The van der Waals surface area contributed by atoms with Gasteiger partial charge >= 0.3 is 0 Å². The van der Waals surface area contributed by atoms with E-state index in [-0.39, 0.29) is 0 Å². The summed E-state index contributed by atoms with van der Waals surface area (Å²) >= 11 is 0. The smallest absolute Gasteiger partial charge is 0.162 e. The maximum absolute atomic E-state index is 5.53. The van der Waals surface area contributed by atoms with Gasteiger partial charge in [-0.05, 0) is 49.8 Å². The summed E-state index contributed by atoms with van der Waals surface area (Å²) in [5.41, 5.74) is 4.86. The van der Waals surface area contributed by atoms with Gasteiger partial charge in [0.2, 0.25) is 0 Å². The van der Waals surface area contributed by atoms with Crippen molar-refractivity contribution in [2.75, 3.05) is 32.6 Å². The van der Waals surface area contributed by atoms with Gasteiger partial charge in [0.1, 0.15) is 0 Å². The minimum absolute atomic E-state index is 0.451. The summed E-state index contributed by atoms with van der Waals surface area (Å²) in [4.78, 5) is 4.92. The number of nitrogens with one attached hydrogen (secondary N) is 2. The van der Waals surface area contributed by atoms with Gasteiger partial charge in [-0.2, -0.15) is 0 Å². The van der Waals surface area contributed by atoms with E-state index in [1.165, 1.54) is 29.8 Å². The molecule has 5 heteroatoms. The van der Waals surface area contributed by atoms with Crippen LogP contribution in [0.15, 0.2) is 12.1 Å². The minimum Gasteiger partial charge on any atom is -0.493 e. The van der Waals surface area contributed by atoms with Crippen LogP contribution in [0.3, 0.4) is 0 Å². The normalized spacial score (nSPS) is 22.7. The Bertz CT molecular complexity index is 790. The predicted octanol–water partition coefficient (Wildman–Crippen LogP) is 3.15. The fraction of sp³-hybridized carbons (Fsp3) is 0.550. The van der Waals surface area contributed by atoms with Gasteiger partial charge in [-0.15, -0.1) is 0 Å². The van der Waals surface area contributed by atoms with Crippen LogP contribution in [-0.2, 0) is 12.8 Å². The minimum atomic E-state index is 0.451. The molecule has 2 aromatic rings. The van der Waals surface area contributed by atoms with Gasteiger partial charge in [0, 0.05) is 35.4 Å². The number of methoxy groups -OCH3 is 2. The number of fused-ring (bicyclic) bond motifs is 2. The Morgan fingerprint density at radius 1 is 1.12 bits per heavy atom. The second-order valence-corrected chi connectivity index (χ2v) is 7.33. The lowest BCUT2D eigenvalue weighted by molar-refractivity contribution is 0.355. The molecule has 5 nitrogen and oxygen atoms in total. The van der Waals surface area contributed by atoms with Crippen LogP contribution >= 0.6 is 0 Å². The molecule has 4 rings (SSSR count). The fourth-order valence-electron chi connectivity index (χ4n) is 4.22. The van der Waals surface area contributed by atoms with Gasteiger partial charge in [0.25, 0.3) is 0 Å². The monoisotopic (exact) mass is 341 g/mol. The zero-order valence-corrected chi connectivity index (χ0v) is 15.3. The number of pyridine rings is 1. The van der Waals surface area contributed by atoms with E-state index in [0.29, 0.717) is 12.0 Å². The summed E-state index contributed by atoms with van der Waals surface area (Å²) in [6.07, 6.45) is 4.54. The Balaban J connectivity index is 1.82. The summed E-state index contributed by atoms with van der Waals surface area (Å²) in [5.74, 6) is 2.19. The molecule has 0 unspecified atom stereocenters. The first-order valence-electron chi connectivity index (χ1n) is 9.24. The molecular formula is C20H27N3O2. The molecular weight excluding hydrogens is 314 g/mol. The average molecular weight is 341 g/mol. The van der Waals surface area contributed by atoms with Crippen molar-refractivity contribution in [1.29, 1.82) is 0 Å².